The van der Waals surface area contributed by atoms with Crippen LogP contribution in [0.1, 0.15) is 25.7 Å². The molecule has 1 N–H and O–H groups in total. The zero-order valence-electron chi connectivity index (χ0n) is 8.67. The van der Waals surface area contributed by atoms with Crippen molar-refractivity contribution >= 4 is 17.4 Å². The molecule has 0 aromatic carbocycles. The number of nitrogens with one attached hydrogen (secondary N) is 1. The van der Waals surface area contributed by atoms with Gasteiger partial charge in [-0.1, -0.05) is 11.6 Å². The van der Waals surface area contributed by atoms with Crippen LogP contribution >= 0.6 is 11.6 Å². The summed E-state index contributed by atoms with van der Waals surface area (Å²) >= 11 is 6.04. The molecule has 0 radical (unpaired) electrons. The summed E-state index contributed by atoms with van der Waals surface area (Å²) in [7, 11) is 0. The monoisotopic (exact) mass is 222 g/mol. The lowest BCUT2D eigenvalue weighted by Gasteiger charge is -2.15. The molecule has 0 aliphatic heterocycles. The minimum atomic E-state index is 0.598. The molecule has 1 heterocycles. The number of pyridine rings is 1. The summed E-state index contributed by atoms with van der Waals surface area (Å²) in [5.74, 6) is 1.82. The molecule has 2 saturated carbocycles. The first-order valence-electron chi connectivity index (χ1n) is 5.65. The molecular weight excluding hydrogens is 208 g/mol. The lowest BCUT2D eigenvalue weighted by Crippen LogP contribution is -2.18. The Bertz CT molecular complexity index is 370. The molecule has 1 aromatic rings. The fourth-order valence-corrected chi connectivity index (χ4v) is 2.55. The maximum Gasteiger partial charge on any atom is 0.144 e. The summed E-state index contributed by atoms with van der Waals surface area (Å²) in [6.07, 6.45) is 7.41. The average molecular weight is 223 g/mol. The van der Waals surface area contributed by atoms with E-state index < -0.39 is 0 Å². The van der Waals surface area contributed by atoms with E-state index in [0.717, 1.165) is 23.3 Å². The smallest absolute Gasteiger partial charge is 0.144 e. The Morgan fingerprint density at radius 2 is 2.27 bits per heavy atom. The van der Waals surface area contributed by atoms with Crippen molar-refractivity contribution in [1.29, 1.82) is 0 Å². The summed E-state index contributed by atoms with van der Waals surface area (Å²) in [5, 5.41) is 4.12. The Balaban J connectivity index is 1.64. The lowest BCUT2D eigenvalue weighted by atomic mass is 10.0. The molecule has 15 heavy (non-hydrogen) atoms. The van der Waals surface area contributed by atoms with Crippen molar-refractivity contribution in [3.63, 3.8) is 0 Å². The Morgan fingerprint density at radius 3 is 2.87 bits per heavy atom. The fraction of sp³-hybridized carbons (Fsp3) is 0.583. The predicted molar refractivity (Wildman–Crippen MR) is 62.1 cm³/mol. The molecule has 2 aliphatic carbocycles. The van der Waals surface area contributed by atoms with Crippen molar-refractivity contribution in [2.45, 2.75) is 25.7 Å². The van der Waals surface area contributed by atoms with Gasteiger partial charge in [0, 0.05) is 12.7 Å². The van der Waals surface area contributed by atoms with Crippen molar-refractivity contribution in [3.8, 4) is 0 Å². The van der Waals surface area contributed by atoms with E-state index in [0.29, 0.717) is 5.41 Å². The van der Waals surface area contributed by atoms with Crippen LogP contribution in [0.4, 0.5) is 5.82 Å². The Hall–Kier alpha value is -0.760. The van der Waals surface area contributed by atoms with Gasteiger partial charge in [-0.2, -0.15) is 0 Å². The van der Waals surface area contributed by atoms with Gasteiger partial charge in [0.1, 0.15) is 5.82 Å². The molecule has 3 rings (SSSR count). The van der Waals surface area contributed by atoms with Crippen LogP contribution in [0.15, 0.2) is 18.3 Å². The van der Waals surface area contributed by atoms with Gasteiger partial charge in [0.15, 0.2) is 0 Å². The van der Waals surface area contributed by atoms with E-state index in [1.165, 1.54) is 25.7 Å². The number of rotatable bonds is 4. The van der Waals surface area contributed by atoms with Crippen LogP contribution in [0, 0.1) is 11.3 Å². The molecule has 1 aromatic heterocycles. The van der Waals surface area contributed by atoms with Gasteiger partial charge in [0.05, 0.1) is 5.02 Å². The van der Waals surface area contributed by atoms with E-state index in [-0.39, 0.29) is 0 Å². The maximum absolute atomic E-state index is 6.04. The number of hydrogen-bond donors (Lipinski definition) is 1. The van der Waals surface area contributed by atoms with Crippen LogP contribution in [0.2, 0.25) is 5.02 Å². The van der Waals surface area contributed by atoms with Gasteiger partial charge in [-0.25, -0.2) is 4.98 Å². The molecule has 3 heteroatoms. The molecule has 80 valence electrons. The second kappa shape index (κ2) is 3.38. The lowest BCUT2D eigenvalue weighted by molar-refractivity contribution is 0.466. The molecule has 0 saturated heterocycles. The molecule has 0 bridgehead atoms. The van der Waals surface area contributed by atoms with Gasteiger partial charge in [-0.05, 0) is 49.1 Å². The van der Waals surface area contributed by atoms with Crippen molar-refractivity contribution in [3.05, 3.63) is 23.4 Å². The van der Waals surface area contributed by atoms with Gasteiger partial charge in [-0.15, -0.1) is 0 Å². The van der Waals surface area contributed by atoms with E-state index in [2.05, 4.69) is 10.3 Å². The van der Waals surface area contributed by atoms with Crippen molar-refractivity contribution in [1.82, 2.24) is 4.98 Å². The molecule has 0 unspecified atom stereocenters. The highest BCUT2D eigenvalue weighted by molar-refractivity contribution is 6.32. The number of hydrogen-bond acceptors (Lipinski definition) is 2. The van der Waals surface area contributed by atoms with Gasteiger partial charge in [0.2, 0.25) is 0 Å². The quantitative estimate of drug-likeness (QED) is 0.845. The summed E-state index contributed by atoms with van der Waals surface area (Å²) in [4.78, 5) is 4.25. The van der Waals surface area contributed by atoms with E-state index in [1.807, 2.05) is 12.1 Å². The van der Waals surface area contributed by atoms with E-state index in [1.54, 1.807) is 6.20 Å². The van der Waals surface area contributed by atoms with Crippen LogP contribution < -0.4 is 5.32 Å². The van der Waals surface area contributed by atoms with Crippen LogP contribution in [-0.4, -0.2) is 11.5 Å². The van der Waals surface area contributed by atoms with Crippen LogP contribution in [0.25, 0.3) is 0 Å². The molecule has 0 atom stereocenters. The topological polar surface area (TPSA) is 24.9 Å². The van der Waals surface area contributed by atoms with Crippen molar-refractivity contribution in [2.24, 2.45) is 11.3 Å². The number of anilines is 1. The van der Waals surface area contributed by atoms with Gasteiger partial charge >= 0.3 is 0 Å². The minimum Gasteiger partial charge on any atom is -0.368 e. The van der Waals surface area contributed by atoms with Crippen molar-refractivity contribution < 1.29 is 0 Å². The van der Waals surface area contributed by atoms with Gasteiger partial charge in [0.25, 0.3) is 0 Å². The fourth-order valence-electron chi connectivity index (χ4n) is 2.36. The van der Waals surface area contributed by atoms with Gasteiger partial charge < -0.3 is 5.32 Å². The molecule has 2 nitrogen and oxygen atoms in total. The molecule has 2 aliphatic rings. The highest BCUT2D eigenvalue weighted by Crippen LogP contribution is 2.61. The standard InChI is InChI=1S/C12H15ClN2/c13-10-2-1-7-14-11(10)15-8-12(5-6-12)9-3-4-9/h1-2,7,9H,3-6,8H2,(H,14,15). The zero-order valence-corrected chi connectivity index (χ0v) is 9.43. The van der Waals surface area contributed by atoms with Crippen LogP contribution in [0.3, 0.4) is 0 Å². The molecule has 0 amide bonds. The molecule has 0 spiro atoms. The van der Waals surface area contributed by atoms with E-state index >= 15 is 0 Å². The predicted octanol–water partition coefficient (Wildman–Crippen LogP) is 3.34. The highest BCUT2D eigenvalue weighted by atomic mass is 35.5. The van der Waals surface area contributed by atoms with Crippen LogP contribution in [-0.2, 0) is 0 Å². The third-order valence-electron chi connectivity index (χ3n) is 3.70. The van der Waals surface area contributed by atoms with Crippen molar-refractivity contribution in [2.75, 3.05) is 11.9 Å². The zero-order chi connectivity index (χ0) is 10.3. The third-order valence-corrected chi connectivity index (χ3v) is 4.01. The number of halogens is 1. The number of aromatic nitrogens is 1. The average Bonchev–Trinajstić information content (AvgIpc) is 3.10. The van der Waals surface area contributed by atoms with E-state index in [9.17, 15) is 0 Å². The van der Waals surface area contributed by atoms with Crippen LogP contribution in [0.5, 0.6) is 0 Å². The normalized spacial score (nSPS) is 22.5. The van der Waals surface area contributed by atoms with Gasteiger partial charge in [-0.3, -0.25) is 0 Å². The first-order valence-corrected chi connectivity index (χ1v) is 6.02. The minimum absolute atomic E-state index is 0.598. The summed E-state index contributed by atoms with van der Waals surface area (Å²) < 4.78 is 0. The first-order chi connectivity index (χ1) is 7.30. The second-order valence-corrected chi connectivity index (χ2v) is 5.23. The Morgan fingerprint density at radius 1 is 1.47 bits per heavy atom. The third kappa shape index (κ3) is 1.83. The SMILES string of the molecule is Clc1cccnc1NCC1(C2CC2)CC1. The second-order valence-electron chi connectivity index (χ2n) is 4.82. The summed E-state index contributed by atoms with van der Waals surface area (Å²) in [5.41, 5.74) is 0.598. The highest BCUT2D eigenvalue weighted by Gasteiger charge is 2.53. The largest absolute Gasteiger partial charge is 0.368 e. The molecule has 2 fully saturated rings. The Labute approximate surface area is 95.0 Å². The van der Waals surface area contributed by atoms with E-state index in [4.69, 9.17) is 11.6 Å². The first kappa shape index (κ1) is 9.46. The Kier molecular flexibility index (Phi) is 2.13. The summed E-state index contributed by atoms with van der Waals surface area (Å²) in [6.45, 7) is 1.05. The molecular formula is C12H15ClN2. The number of nitrogens with zero attached hydrogens (tertiary/aromatic N) is 1. The maximum atomic E-state index is 6.04. The summed E-state index contributed by atoms with van der Waals surface area (Å²) in [6, 6.07) is 3.74.